The quantitative estimate of drug-likeness (QED) is 0.912. The minimum Gasteiger partial charge on any atom is -0.393 e. The number of aryl methyl sites for hydroxylation is 2. The highest BCUT2D eigenvalue weighted by Gasteiger charge is 2.12. The molecule has 20 heavy (non-hydrogen) atoms. The van der Waals surface area contributed by atoms with Crippen molar-refractivity contribution < 1.29 is 9.50 Å². The molecule has 0 aliphatic heterocycles. The molecule has 0 spiro atoms. The molecule has 2 rings (SSSR count). The highest BCUT2D eigenvalue weighted by atomic mass is 19.1. The number of hydrogen-bond acceptors (Lipinski definition) is 2. The smallest absolute Gasteiger partial charge is 0.123 e. The topological polar surface area (TPSA) is 38.0 Å². The number of benzene rings is 1. The Morgan fingerprint density at radius 2 is 2.10 bits per heavy atom. The third-order valence-corrected chi connectivity index (χ3v) is 3.75. The Balaban J connectivity index is 1.94. The zero-order chi connectivity index (χ0) is 14.7. The normalized spacial score (nSPS) is 12.7. The largest absolute Gasteiger partial charge is 0.393 e. The van der Waals surface area contributed by atoms with Crippen LogP contribution in [0.5, 0.6) is 0 Å². The fraction of sp³-hybridized carbons (Fsp3) is 0.438. The summed E-state index contributed by atoms with van der Waals surface area (Å²) in [5.74, 6) is -0.256. The molecule has 0 aliphatic carbocycles. The van der Waals surface area contributed by atoms with E-state index >= 15 is 0 Å². The van der Waals surface area contributed by atoms with Crippen LogP contribution in [0.15, 0.2) is 24.3 Å². The number of nitrogens with zero attached hydrogens (tertiary/aromatic N) is 2. The number of halogens is 1. The van der Waals surface area contributed by atoms with E-state index in [9.17, 15) is 9.50 Å². The first-order chi connectivity index (χ1) is 9.47. The number of aromatic nitrogens is 2. The third kappa shape index (κ3) is 3.45. The van der Waals surface area contributed by atoms with Crippen LogP contribution in [0.2, 0.25) is 0 Å². The predicted molar refractivity (Wildman–Crippen MR) is 77.1 cm³/mol. The number of aliphatic hydroxyl groups is 1. The Bertz CT molecular complexity index is 592. The minimum atomic E-state index is -0.462. The maximum absolute atomic E-state index is 13.1. The molecule has 0 amide bonds. The number of hydrogen-bond donors (Lipinski definition) is 1. The van der Waals surface area contributed by atoms with Gasteiger partial charge in [-0.15, -0.1) is 0 Å². The molecule has 0 saturated heterocycles. The summed E-state index contributed by atoms with van der Waals surface area (Å²) in [4.78, 5) is 0. The van der Waals surface area contributed by atoms with Crippen molar-refractivity contribution in [3.8, 4) is 0 Å². The Labute approximate surface area is 119 Å². The van der Waals surface area contributed by atoms with Crippen LogP contribution >= 0.6 is 0 Å². The molecular weight excluding hydrogens is 255 g/mol. The van der Waals surface area contributed by atoms with Gasteiger partial charge in [-0.3, -0.25) is 4.68 Å². The molecule has 4 heteroatoms. The number of aliphatic hydroxyl groups excluding tert-OH is 1. The van der Waals surface area contributed by atoms with Gasteiger partial charge in [-0.2, -0.15) is 5.10 Å². The molecule has 1 heterocycles. The minimum absolute atomic E-state index is 0.256. The van der Waals surface area contributed by atoms with E-state index in [1.165, 1.54) is 17.7 Å². The summed E-state index contributed by atoms with van der Waals surface area (Å²) in [5.41, 5.74) is 4.19. The molecule has 1 aromatic carbocycles. The molecule has 108 valence electrons. The summed E-state index contributed by atoms with van der Waals surface area (Å²) >= 11 is 0. The summed E-state index contributed by atoms with van der Waals surface area (Å²) in [6.45, 7) is 4.02. The van der Waals surface area contributed by atoms with Gasteiger partial charge in [0.25, 0.3) is 0 Å². The average molecular weight is 276 g/mol. The van der Waals surface area contributed by atoms with Crippen molar-refractivity contribution in [3.63, 3.8) is 0 Å². The second-order valence-electron chi connectivity index (χ2n) is 5.30. The van der Waals surface area contributed by atoms with Crippen LogP contribution in [0, 0.1) is 19.7 Å². The highest BCUT2D eigenvalue weighted by molar-refractivity contribution is 5.24. The molecule has 2 aromatic rings. The van der Waals surface area contributed by atoms with E-state index in [0.29, 0.717) is 12.8 Å². The highest BCUT2D eigenvalue weighted by Crippen LogP contribution is 2.16. The van der Waals surface area contributed by atoms with E-state index in [1.54, 1.807) is 6.07 Å². The van der Waals surface area contributed by atoms with Crippen LogP contribution in [-0.4, -0.2) is 21.0 Å². The van der Waals surface area contributed by atoms with Gasteiger partial charge < -0.3 is 5.11 Å². The number of rotatable bonds is 5. The Morgan fingerprint density at radius 1 is 1.35 bits per heavy atom. The second-order valence-corrected chi connectivity index (χ2v) is 5.30. The van der Waals surface area contributed by atoms with Gasteiger partial charge in [0, 0.05) is 12.7 Å². The molecule has 0 saturated carbocycles. The SMILES string of the molecule is Cc1nn(C)c(C)c1CCC(O)Cc1cccc(F)c1. The molecule has 1 aromatic heterocycles. The summed E-state index contributed by atoms with van der Waals surface area (Å²) in [5, 5.41) is 14.5. The van der Waals surface area contributed by atoms with Crippen molar-refractivity contribution in [3.05, 3.63) is 52.6 Å². The molecule has 0 bridgehead atoms. The molecule has 3 nitrogen and oxygen atoms in total. The third-order valence-electron chi connectivity index (χ3n) is 3.75. The standard InChI is InChI=1S/C16H21FN2O/c1-11-16(12(2)19(3)18-11)8-7-15(20)10-13-5-4-6-14(17)9-13/h4-6,9,15,20H,7-8,10H2,1-3H3. The van der Waals surface area contributed by atoms with Crippen molar-refractivity contribution in [2.75, 3.05) is 0 Å². The van der Waals surface area contributed by atoms with Crippen LogP contribution in [0.1, 0.15) is 28.9 Å². The summed E-state index contributed by atoms with van der Waals surface area (Å²) in [6.07, 6.45) is 1.47. The Hall–Kier alpha value is -1.68. The summed E-state index contributed by atoms with van der Waals surface area (Å²) in [7, 11) is 1.93. The zero-order valence-electron chi connectivity index (χ0n) is 12.2. The van der Waals surface area contributed by atoms with Gasteiger partial charge in [-0.25, -0.2) is 4.39 Å². The van der Waals surface area contributed by atoms with Gasteiger partial charge in [0.1, 0.15) is 5.82 Å². The first-order valence-corrected chi connectivity index (χ1v) is 6.89. The Kier molecular flexibility index (Phi) is 4.55. The fourth-order valence-corrected chi connectivity index (χ4v) is 2.53. The first-order valence-electron chi connectivity index (χ1n) is 6.89. The molecular formula is C16H21FN2O. The van der Waals surface area contributed by atoms with Gasteiger partial charge in [0.2, 0.25) is 0 Å². The van der Waals surface area contributed by atoms with Crippen molar-refractivity contribution in [1.29, 1.82) is 0 Å². The zero-order valence-corrected chi connectivity index (χ0v) is 12.2. The van der Waals surface area contributed by atoms with E-state index in [2.05, 4.69) is 5.10 Å². The molecule has 0 radical (unpaired) electrons. The van der Waals surface area contributed by atoms with Crippen molar-refractivity contribution >= 4 is 0 Å². The lowest BCUT2D eigenvalue weighted by molar-refractivity contribution is 0.165. The van der Waals surface area contributed by atoms with Crippen molar-refractivity contribution in [2.24, 2.45) is 7.05 Å². The maximum atomic E-state index is 13.1. The van der Waals surface area contributed by atoms with Gasteiger partial charge in [-0.05, 0) is 56.4 Å². The van der Waals surface area contributed by atoms with Crippen LogP contribution in [0.4, 0.5) is 4.39 Å². The van der Waals surface area contributed by atoms with Gasteiger partial charge >= 0.3 is 0 Å². The van der Waals surface area contributed by atoms with Gasteiger partial charge in [0.05, 0.1) is 11.8 Å². The predicted octanol–water partition coefficient (Wildman–Crippen LogP) is 2.71. The van der Waals surface area contributed by atoms with E-state index in [0.717, 1.165) is 23.4 Å². The lowest BCUT2D eigenvalue weighted by Gasteiger charge is -2.11. The summed E-state index contributed by atoms with van der Waals surface area (Å²) in [6, 6.07) is 6.40. The summed E-state index contributed by atoms with van der Waals surface area (Å²) < 4.78 is 14.9. The molecule has 1 N–H and O–H groups in total. The van der Waals surface area contributed by atoms with Gasteiger partial charge in [-0.1, -0.05) is 12.1 Å². The van der Waals surface area contributed by atoms with E-state index in [4.69, 9.17) is 0 Å². The molecule has 0 aliphatic rings. The average Bonchev–Trinajstić information content (AvgIpc) is 2.61. The van der Waals surface area contributed by atoms with E-state index < -0.39 is 6.10 Å². The molecule has 0 fully saturated rings. The first kappa shape index (κ1) is 14.7. The lowest BCUT2D eigenvalue weighted by Crippen LogP contribution is -2.12. The monoisotopic (exact) mass is 276 g/mol. The lowest BCUT2D eigenvalue weighted by atomic mass is 10.0. The van der Waals surface area contributed by atoms with Crippen molar-refractivity contribution in [2.45, 2.75) is 39.2 Å². The van der Waals surface area contributed by atoms with Crippen LogP contribution < -0.4 is 0 Å². The maximum Gasteiger partial charge on any atom is 0.123 e. The van der Waals surface area contributed by atoms with E-state index in [-0.39, 0.29) is 5.82 Å². The van der Waals surface area contributed by atoms with E-state index in [1.807, 2.05) is 31.6 Å². The second kappa shape index (κ2) is 6.18. The van der Waals surface area contributed by atoms with Gasteiger partial charge in [0.15, 0.2) is 0 Å². The van der Waals surface area contributed by atoms with Crippen LogP contribution in [-0.2, 0) is 19.9 Å². The van der Waals surface area contributed by atoms with Crippen LogP contribution in [0.3, 0.4) is 0 Å². The van der Waals surface area contributed by atoms with Crippen molar-refractivity contribution in [1.82, 2.24) is 9.78 Å². The molecule has 1 unspecified atom stereocenters. The Morgan fingerprint density at radius 3 is 2.70 bits per heavy atom. The molecule has 1 atom stereocenters. The fourth-order valence-electron chi connectivity index (χ4n) is 2.53. The van der Waals surface area contributed by atoms with Crippen LogP contribution in [0.25, 0.3) is 0 Å².